The number of hydrogen-bond acceptors (Lipinski definition) is 4. The van der Waals surface area contributed by atoms with Crippen molar-refractivity contribution in [2.24, 2.45) is 0 Å². The van der Waals surface area contributed by atoms with Crippen LogP contribution in [0.1, 0.15) is 12.6 Å². The van der Waals surface area contributed by atoms with Gasteiger partial charge in [0, 0.05) is 31.0 Å². The fraction of sp³-hybridized carbons (Fsp3) is 0.286. The largest absolute Gasteiger partial charge is 0.354 e. The Labute approximate surface area is 108 Å². The third-order valence-corrected chi connectivity index (χ3v) is 2.66. The van der Waals surface area contributed by atoms with Crippen molar-refractivity contribution < 1.29 is 0 Å². The minimum atomic E-state index is 0.676. The molecule has 0 aliphatic carbocycles. The van der Waals surface area contributed by atoms with Crippen molar-refractivity contribution in [2.75, 3.05) is 23.8 Å². The van der Waals surface area contributed by atoms with Crippen LogP contribution in [0.3, 0.4) is 0 Å². The maximum absolute atomic E-state index is 4.50. The highest BCUT2D eigenvalue weighted by molar-refractivity contribution is 5.60. The van der Waals surface area contributed by atoms with Crippen molar-refractivity contribution in [3.05, 3.63) is 42.1 Å². The zero-order valence-electron chi connectivity index (χ0n) is 11.0. The van der Waals surface area contributed by atoms with Gasteiger partial charge in [0.25, 0.3) is 0 Å². The molecule has 94 valence electrons. The summed E-state index contributed by atoms with van der Waals surface area (Å²) < 4.78 is 0. The Balaban J connectivity index is 2.33. The van der Waals surface area contributed by atoms with Crippen LogP contribution in [-0.4, -0.2) is 23.6 Å². The summed E-state index contributed by atoms with van der Waals surface area (Å²) in [4.78, 5) is 10.9. The lowest BCUT2D eigenvalue weighted by Gasteiger charge is -2.19. The molecular formula is C14H18N4. The zero-order valence-corrected chi connectivity index (χ0v) is 11.0. The molecule has 0 spiro atoms. The van der Waals surface area contributed by atoms with E-state index in [2.05, 4.69) is 32.3 Å². The fourth-order valence-corrected chi connectivity index (χ4v) is 1.74. The number of anilines is 3. The van der Waals surface area contributed by atoms with Gasteiger partial charge in [-0.1, -0.05) is 18.2 Å². The predicted molar refractivity (Wildman–Crippen MR) is 75.4 cm³/mol. The Kier molecular flexibility index (Phi) is 3.77. The number of aryl methyl sites for hydroxylation is 1. The summed E-state index contributed by atoms with van der Waals surface area (Å²) >= 11 is 0. The first-order valence-corrected chi connectivity index (χ1v) is 6.09. The van der Waals surface area contributed by atoms with E-state index in [0.29, 0.717) is 5.95 Å². The SMILES string of the molecule is CCNc1nc(C)cc(N(C)c2ccccc2)n1. The molecule has 1 heterocycles. The van der Waals surface area contributed by atoms with Gasteiger partial charge in [0.05, 0.1) is 0 Å². The van der Waals surface area contributed by atoms with Crippen LogP contribution >= 0.6 is 0 Å². The number of nitrogens with one attached hydrogen (secondary N) is 1. The average molecular weight is 242 g/mol. The second-order valence-electron chi connectivity index (χ2n) is 4.12. The van der Waals surface area contributed by atoms with E-state index in [0.717, 1.165) is 23.7 Å². The van der Waals surface area contributed by atoms with E-state index in [4.69, 9.17) is 0 Å². The third kappa shape index (κ3) is 2.77. The average Bonchev–Trinajstić information content (AvgIpc) is 2.38. The van der Waals surface area contributed by atoms with E-state index in [1.54, 1.807) is 0 Å². The van der Waals surface area contributed by atoms with Gasteiger partial charge in [-0.05, 0) is 26.0 Å². The van der Waals surface area contributed by atoms with Gasteiger partial charge in [-0.25, -0.2) is 4.98 Å². The molecular weight excluding hydrogens is 224 g/mol. The molecule has 0 aliphatic rings. The maximum Gasteiger partial charge on any atom is 0.224 e. The predicted octanol–water partition coefficient (Wildman–Crippen LogP) is 2.98. The second kappa shape index (κ2) is 5.49. The van der Waals surface area contributed by atoms with Gasteiger partial charge in [0.2, 0.25) is 5.95 Å². The number of hydrogen-bond donors (Lipinski definition) is 1. The highest BCUT2D eigenvalue weighted by Crippen LogP contribution is 2.22. The van der Waals surface area contributed by atoms with Crippen LogP contribution in [0.4, 0.5) is 17.5 Å². The van der Waals surface area contributed by atoms with Gasteiger partial charge < -0.3 is 10.2 Å². The molecule has 0 saturated carbocycles. The molecule has 1 N–H and O–H groups in total. The monoisotopic (exact) mass is 242 g/mol. The van der Waals surface area contributed by atoms with Crippen LogP contribution in [0.5, 0.6) is 0 Å². The molecule has 0 amide bonds. The van der Waals surface area contributed by atoms with E-state index < -0.39 is 0 Å². The van der Waals surface area contributed by atoms with Crippen molar-refractivity contribution in [2.45, 2.75) is 13.8 Å². The molecule has 1 aromatic carbocycles. The Morgan fingerprint density at radius 2 is 1.89 bits per heavy atom. The smallest absolute Gasteiger partial charge is 0.224 e. The van der Waals surface area contributed by atoms with Crippen LogP contribution in [0.15, 0.2) is 36.4 Å². The lowest BCUT2D eigenvalue weighted by atomic mass is 10.3. The number of nitrogens with zero attached hydrogens (tertiary/aromatic N) is 3. The molecule has 0 bridgehead atoms. The highest BCUT2D eigenvalue weighted by Gasteiger charge is 2.07. The van der Waals surface area contributed by atoms with Crippen molar-refractivity contribution >= 4 is 17.5 Å². The van der Waals surface area contributed by atoms with Crippen molar-refractivity contribution in [3.63, 3.8) is 0 Å². The van der Waals surface area contributed by atoms with Crippen LogP contribution in [0, 0.1) is 6.92 Å². The number of benzene rings is 1. The van der Waals surface area contributed by atoms with Crippen molar-refractivity contribution in [1.82, 2.24) is 9.97 Å². The van der Waals surface area contributed by atoms with E-state index in [1.165, 1.54) is 0 Å². The first-order valence-electron chi connectivity index (χ1n) is 6.09. The summed E-state index contributed by atoms with van der Waals surface area (Å²) in [5.41, 5.74) is 2.07. The van der Waals surface area contributed by atoms with Crippen LogP contribution in [0.25, 0.3) is 0 Å². The summed E-state index contributed by atoms with van der Waals surface area (Å²) in [6, 6.07) is 12.1. The van der Waals surface area contributed by atoms with Gasteiger partial charge >= 0.3 is 0 Å². The van der Waals surface area contributed by atoms with E-state index in [1.807, 2.05) is 45.2 Å². The van der Waals surface area contributed by atoms with E-state index >= 15 is 0 Å². The molecule has 0 unspecified atom stereocenters. The Bertz CT molecular complexity index is 510. The Morgan fingerprint density at radius 1 is 1.17 bits per heavy atom. The summed E-state index contributed by atoms with van der Waals surface area (Å²) in [7, 11) is 2.01. The van der Waals surface area contributed by atoms with Crippen LogP contribution in [-0.2, 0) is 0 Å². The number of rotatable bonds is 4. The summed E-state index contributed by atoms with van der Waals surface area (Å²) in [5.74, 6) is 1.57. The molecule has 18 heavy (non-hydrogen) atoms. The molecule has 0 fully saturated rings. The first-order chi connectivity index (χ1) is 8.70. The quantitative estimate of drug-likeness (QED) is 0.895. The lowest BCUT2D eigenvalue weighted by molar-refractivity contribution is 1.02. The molecule has 0 saturated heterocycles. The minimum absolute atomic E-state index is 0.676. The Hall–Kier alpha value is -2.10. The topological polar surface area (TPSA) is 41.1 Å². The molecule has 0 radical (unpaired) electrons. The zero-order chi connectivity index (χ0) is 13.0. The first kappa shape index (κ1) is 12.4. The Morgan fingerprint density at radius 3 is 2.56 bits per heavy atom. The molecule has 4 heteroatoms. The minimum Gasteiger partial charge on any atom is -0.354 e. The highest BCUT2D eigenvalue weighted by atomic mass is 15.2. The normalized spacial score (nSPS) is 10.2. The maximum atomic E-state index is 4.50. The van der Waals surface area contributed by atoms with Gasteiger partial charge in [0.15, 0.2) is 0 Å². The second-order valence-corrected chi connectivity index (χ2v) is 4.12. The summed E-state index contributed by atoms with van der Waals surface area (Å²) in [5, 5.41) is 3.15. The van der Waals surface area contributed by atoms with Crippen LogP contribution < -0.4 is 10.2 Å². The molecule has 0 aliphatic heterocycles. The number of para-hydroxylation sites is 1. The van der Waals surface area contributed by atoms with E-state index in [-0.39, 0.29) is 0 Å². The number of aromatic nitrogens is 2. The molecule has 0 atom stereocenters. The van der Waals surface area contributed by atoms with Crippen molar-refractivity contribution in [1.29, 1.82) is 0 Å². The standard InChI is InChI=1S/C14H18N4/c1-4-15-14-16-11(2)10-13(17-14)18(3)12-8-6-5-7-9-12/h5-10H,4H2,1-3H3,(H,15,16,17). The van der Waals surface area contributed by atoms with E-state index in [9.17, 15) is 0 Å². The fourth-order valence-electron chi connectivity index (χ4n) is 1.74. The van der Waals surface area contributed by atoms with Gasteiger partial charge in [-0.2, -0.15) is 4.98 Å². The molecule has 4 nitrogen and oxygen atoms in total. The third-order valence-electron chi connectivity index (χ3n) is 2.66. The van der Waals surface area contributed by atoms with Gasteiger partial charge in [-0.15, -0.1) is 0 Å². The molecule has 1 aromatic heterocycles. The lowest BCUT2D eigenvalue weighted by Crippen LogP contribution is -2.13. The van der Waals surface area contributed by atoms with Gasteiger partial charge in [0.1, 0.15) is 5.82 Å². The van der Waals surface area contributed by atoms with Crippen molar-refractivity contribution in [3.8, 4) is 0 Å². The summed E-state index contributed by atoms with van der Waals surface area (Å²) in [6.07, 6.45) is 0. The van der Waals surface area contributed by atoms with Crippen LogP contribution in [0.2, 0.25) is 0 Å². The molecule has 2 aromatic rings. The summed E-state index contributed by atoms with van der Waals surface area (Å²) in [6.45, 7) is 4.83. The van der Waals surface area contributed by atoms with Gasteiger partial charge in [-0.3, -0.25) is 0 Å². The molecule has 2 rings (SSSR count).